The molecule has 1 aliphatic heterocycles. The maximum absolute atomic E-state index is 12.8. The number of nitro benzene ring substituents is 1. The third-order valence-electron chi connectivity index (χ3n) is 5.62. The number of ether oxygens (including phenoxy) is 1. The van der Waals surface area contributed by atoms with Gasteiger partial charge < -0.3 is 20.3 Å². The first-order valence-electron chi connectivity index (χ1n) is 11.3. The third-order valence-corrected chi connectivity index (χ3v) is 5.62. The second-order valence-corrected chi connectivity index (χ2v) is 8.03. The lowest BCUT2D eigenvalue weighted by molar-refractivity contribution is -0.384. The summed E-state index contributed by atoms with van der Waals surface area (Å²) >= 11 is 0. The number of carbonyl (C=O) groups is 2. The molecule has 0 unspecified atom stereocenters. The molecule has 33 heavy (non-hydrogen) atoms. The van der Waals surface area contributed by atoms with Gasteiger partial charge >= 0.3 is 0 Å². The van der Waals surface area contributed by atoms with E-state index in [9.17, 15) is 19.7 Å². The van der Waals surface area contributed by atoms with Crippen LogP contribution in [0.25, 0.3) is 0 Å². The number of benzene rings is 2. The van der Waals surface area contributed by atoms with E-state index in [1.54, 1.807) is 30.3 Å². The van der Waals surface area contributed by atoms with E-state index in [1.165, 1.54) is 13.2 Å². The van der Waals surface area contributed by atoms with Crippen LogP contribution in [0.5, 0.6) is 5.75 Å². The van der Waals surface area contributed by atoms with Crippen molar-refractivity contribution >= 4 is 34.6 Å². The van der Waals surface area contributed by atoms with Crippen molar-refractivity contribution in [3.8, 4) is 5.75 Å². The van der Waals surface area contributed by atoms with Gasteiger partial charge in [0.15, 0.2) is 0 Å². The van der Waals surface area contributed by atoms with E-state index in [0.29, 0.717) is 29.2 Å². The SMILES string of the molecule is CCCCC(=O)Nc1ccc(NC(=O)c2ccc(N3CCCCC3)c([N+](=O)[O-])c2)cc1OC. The van der Waals surface area contributed by atoms with E-state index in [4.69, 9.17) is 4.74 Å². The predicted octanol–water partition coefficient (Wildman–Crippen LogP) is 4.97. The average molecular weight is 455 g/mol. The molecule has 2 amide bonds. The van der Waals surface area contributed by atoms with Gasteiger partial charge in [-0.15, -0.1) is 0 Å². The number of nitrogens with zero attached hydrogens (tertiary/aromatic N) is 2. The number of amides is 2. The molecule has 0 aromatic heterocycles. The van der Waals surface area contributed by atoms with Gasteiger partial charge in [-0.05, 0) is 49.9 Å². The number of hydrogen-bond donors (Lipinski definition) is 2. The summed E-state index contributed by atoms with van der Waals surface area (Å²) in [6.45, 7) is 3.56. The van der Waals surface area contributed by atoms with Crippen molar-refractivity contribution < 1.29 is 19.2 Å². The Morgan fingerprint density at radius 1 is 1.09 bits per heavy atom. The summed E-state index contributed by atoms with van der Waals surface area (Å²) in [5.41, 5.74) is 1.62. The number of unbranched alkanes of at least 4 members (excludes halogenated alkanes) is 1. The first-order chi connectivity index (χ1) is 15.9. The van der Waals surface area contributed by atoms with E-state index >= 15 is 0 Å². The standard InChI is InChI=1S/C24H30N4O5/c1-3-4-8-23(29)26-19-11-10-18(16-22(19)33-2)25-24(30)17-9-12-20(21(15-17)28(31)32)27-13-6-5-7-14-27/h9-12,15-16H,3-8,13-14H2,1-2H3,(H,25,30)(H,26,29). The quantitative estimate of drug-likeness (QED) is 0.408. The van der Waals surface area contributed by atoms with Crippen LogP contribution in [0.1, 0.15) is 55.8 Å². The molecule has 0 saturated carbocycles. The summed E-state index contributed by atoms with van der Waals surface area (Å²) in [6, 6.07) is 9.47. The highest BCUT2D eigenvalue weighted by atomic mass is 16.6. The molecule has 0 bridgehead atoms. The molecular weight excluding hydrogens is 424 g/mol. The molecule has 2 N–H and O–H groups in total. The van der Waals surface area contributed by atoms with E-state index in [0.717, 1.165) is 45.2 Å². The highest BCUT2D eigenvalue weighted by molar-refractivity contribution is 6.05. The zero-order valence-electron chi connectivity index (χ0n) is 19.1. The Bertz CT molecular complexity index is 1020. The second-order valence-electron chi connectivity index (χ2n) is 8.03. The zero-order chi connectivity index (χ0) is 23.8. The molecule has 9 nitrogen and oxygen atoms in total. The van der Waals surface area contributed by atoms with Gasteiger partial charge in [0.25, 0.3) is 11.6 Å². The minimum atomic E-state index is -0.468. The van der Waals surface area contributed by atoms with Crippen LogP contribution in [0.15, 0.2) is 36.4 Å². The summed E-state index contributed by atoms with van der Waals surface area (Å²) in [5.74, 6) is -0.165. The Morgan fingerprint density at radius 3 is 2.52 bits per heavy atom. The van der Waals surface area contributed by atoms with Gasteiger partial charge in [-0.25, -0.2) is 0 Å². The Hall–Kier alpha value is -3.62. The number of carbonyl (C=O) groups excluding carboxylic acids is 2. The summed E-state index contributed by atoms with van der Waals surface area (Å²) in [4.78, 5) is 38.0. The fraction of sp³-hybridized carbons (Fsp3) is 0.417. The highest BCUT2D eigenvalue weighted by Crippen LogP contribution is 2.32. The lowest BCUT2D eigenvalue weighted by Gasteiger charge is -2.28. The van der Waals surface area contributed by atoms with Gasteiger partial charge in [0.1, 0.15) is 11.4 Å². The van der Waals surface area contributed by atoms with E-state index in [1.807, 2.05) is 11.8 Å². The van der Waals surface area contributed by atoms with Gasteiger partial charge in [-0.3, -0.25) is 19.7 Å². The van der Waals surface area contributed by atoms with E-state index in [2.05, 4.69) is 10.6 Å². The number of hydrogen-bond acceptors (Lipinski definition) is 6. The van der Waals surface area contributed by atoms with Crippen molar-refractivity contribution in [2.75, 3.05) is 35.7 Å². The van der Waals surface area contributed by atoms with Crippen molar-refractivity contribution in [3.63, 3.8) is 0 Å². The number of methoxy groups -OCH3 is 1. The maximum atomic E-state index is 12.8. The lowest BCUT2D eigenvalue weighted by Crippen LogP contribution is -2.30. The normalized spacial score (nSPS) is 13.3. The van der Waals surface area contributed by atoms with Crippen molar-refractivity contribution in [2.45, 2.75) is 45.4 Å². The largest absolute Gasteiger partial charge is 0.494 e. The minimum Gasteiger partial charge on any atom is -0.494 e. The van der Waals surface area contributed by atoms with Crippen LogP contribution < -0.4 is 20.3 Å². The predicted molar refractivity (Wildman–Crippen MR) is 128 cm³/mol. The third kappa shape index (κ3) is 6.21. The molecule has 0 spiro atoms. The summed E-state index contributed by atoms with van der Waals surface area (Å²) in [7, 11) is 1.48. The second kappa shape index (κ2) is 11.3. The lowest BCUT2D eigenvalue weighted by atomic mass is 10.1. The topological polar surface area (TPSA) is 114 Å². The fourth-order valence-corrected chi connectivity index (χ4v) is 3.84. The van der Waals surface area contributed by atoms with E-state index < -0.39 is 10.8 Å². The Morgan fingerprint density at radius 2 is 1.85 bits per heavy atom. The molecule has 3 rings (SSSR count). The van der Waals surface area contributed by atoms with Crippen LogP contribution in [0.2, 0.25) is 0 Å². The molecule has 2 aromatic rings. The number of rotatable bonds is 9. The minimum absolute atomic E-state index is 0.0766. The summed E-state index contributed by atoms with van der Waals surface area (Å²) in [6.07, 6.45) is 5.25. The van der Waals surface area contributed by atoms with Crippen LogP contribution in [0.4, 0.5) is 22.7 Å². The molecule has 0 aliphatic carbocycles. The van der Waals surface area contributed by atoms with Gasteiger partial charge in [0, 0.05) is 42.9 Å². The van der Waals surface area contributed by atoms with Crippen LogP contribution in [-0.4, -0.2) is 36.9 Å². The number of piperidine rings is 1. The van der Waals surface area contributed by atoms with Crippen molar-refractivity contribution in [2.24, 2.45) is 0 Å². The van der Waals surface area contributed by atoms with Crippen molar-refractivity contribution in [1.82, 2.24) is 0 Å². The molecule has 0 radical (unpaired) electrons. The van der Waals surface area contributed by atoms with Gasteiger partial charge in [-0.1, -0.05) is 13.3 Å². The molecule has 1 fully saturated rings. The zero-order valence-corrected chi connectivity index (χ0v) is 19.1. The van der Waals surface area contributed by atoms with Crippen molar-refractivity contribution in [3.05, 3.63) is 52.1 Å². The van der Waals surface area contributed by atoms with E-state index in [-0.39, 0.29) is 17.2 Å². The summed E-state index contributed by atoms with van der Waals surface area (Å²) < 4.78 is 5.35. The molecule has 0 atom stereocenters. The number of nitrogens with one attached hydrogen (secondary N) is 2. The molecule has 1 aliphatic rings. The number of anilines is 3. The maximum Gasteiger partial charge on any atom is 0.293 e. The Labute approximate surface area is 193 Å². The van der Waals surface area contributed by atoms with Gasteiger partial charge in [0.2, 0.25) is 5.91 Å². The van der Waals surface area contributed by atoms with Crippen LogP contribution in [-0.2, 0) is 4.79 Å². The molecule has 2 aromatic carbocycles. The van der Waals surface area contributed by atoms with Gasteiger partial charge in [0.05, 0.1) is 17.7 Å². The molecule has 1 heterocycles. The smallest absolute Gasteiger partial charge is 0.293 e. The first kappa shape index (κ1) is 24.0. The first-order valence-corrected chi connectivity index (χ1v) is 11.3. The fourth-order valence-electron chi connectivity index (χ4n) is 3.84. The molecule has 9 heteroatoms. The van der Waals surface area contributed by atoms with Gasteiger partial charge in [-0.2, -0.15) is 0 Å². The summed E-state index contributed by atoms with van der Waals surface area (Å²) in [5, 5.41) is 17.2. The van der Waals surface area contributed by atoms with Crippen LogP contribution in [0.3, 0.4) is 0 Å². The average Bonchev–Trinajstić information content (AvgIpc) is 2.83. The van der Waals surface area contributed by atoms with Crippen molar-refractivity contribution in [1.29, 1.82) is 0 Å². The highest BCUT2D eigenvalue weighted by Gasteiger charge is 2.23. The molecule has 176 valence electrons. The Kier molecular flexibility index (Phi) is 8.23. The molecule has 1 saturated heterocycles. The van der Waals surface area contributed by atoms with Crippen LogP contribution >= 0.6 is 0 Å². The monoisotopic (exact) mass is 454 g/mol. The van der Waals surface area contributed by atoms with Crippen LogP contribution in [0, 0.1) is 10.1 Å². The number of nitro groups is 1. The molecular formula is C24H30N4O5. The Balaban J connectivity index is 1.75.